The Balaban J connectivity index is 2.77. The van der Waals surface area contributed by atoms with E-state index < -0.39 is 11.7 Å². The molecular weight excluding hydrogens is 234 g/mol. The molecule has 0 aromatic carbocycles. The maximum atomic E-state index is 11.7. The number of alkyl carbamates (subject to hydrolysis) is 1. The molecule has 0 aliphatic carbocycles. The van der Waals surface area contributed by atoms with Crippen LogP contribution >= 0.6 is 0 Å². The second kappa shape index (κ2) is 5.39. The number of aryl methyl sites for hydroxylation is 2. The number of carbonyl (C=O) groups excluding carboxylic acids is 1. The summed E-state index contributed by atoms with van der Waals surface area (Å²) in [4.78, 5) is 11.7. The molecule has 3 N–H and O–H groups in total. The van der Waals surface area contributed by atoms with E-state index in [1.54, 1.807) is 27.7 Å². The predicted octanol–water partition coefficient (Wildman–Crippen LogP) is 1.82. The Labute approximate surface area is 107 Å². The van der Waals surface area contributed by atoms with Crippen LogP contribution in [0.1, 0.15) is 43.8 Å². The van der Waals surface area contributed by atoms with Crippen molar-refractivity contribution in [2.45, 2.75) is 46.3 Å². The lowest BCUT2D eigenvalue weighted by atomic mass is 10.1. The third-order valence-electron chi connectivity index (χ3n) is 2.36. The second-order valence-electron chi connectivity index (χ2n) is 5.17. The van der Waals surface area contributed by atoms with Crippen LogP contribution in [-0.2, 0) is 4.74 Å². The summed E-state index contributed by atoms with van der Waals surface area (Å²) in [7, 11) is 0. The predicted molar refractivity (Wildman–Crippen MR) is 67.1 cm³/mol. The molecule has 102 valence electrons. The number of carbonyl (C=O) groups is 1. The van der Waals surface area contributed by atoms with Crippen molar-refractivity contribution < 1.29 is 14.1 Å². The summed E-state index contributed by atoms with van der Waals surface area (Å²) in [6.07, 6.45) is -0.502. The zero-order chi connectivity index (χ0) is 13.9. The van der Waals surface area contributed by atoms with Gasteiger partial charge in [-0.2, -0.15) is 0 Å². The summed E-state index contributed by atoms with van der Waals surface area (Å²) in [5, 5.41) is 6.57. The Hall–Kier alpha value is -1.56. The van der Waals surface area contributed by atoms with E-state index in [0.29, 0.717) is 5.76 Å². The van der Waals surface area contributed by atoms with Gasteiger partial charge in [-0.1, -0.05) is 5.16 Å². The Morgan fingerprint density at radius 1 is 1.50 bits per heavy atom. The van der Waals surface area contributed by atoms with Crippen molar-refractivity contribution in [3.8, 4) is 0 Å². The first-order valence-electron chi connectivity index (χ1n) is 5.87. The summed E-state index contributed by atoms with van der Waals surface area (Å²) in [6.45, 7) is 9.27. The summed E-state index contributed by atoms with van der Waals surface area (Å²) >= 11 is 0. The van der Waals surface area contributed by atoms with Crippen molar-refractivity contribution in [3.63, 3.8) is 0 Å². The number of rotatable bonds is 3. The lowest BCUT2D eigenvalue weighted by molar-refractivity contribution is 0.0505. The minimum Gasteiger partial charge on any atom is -0.444 e. The smallest absolute Gasteiger partial charge is 0.408 e. The quantitative estimate of drug-likeness (QED) is 0.859. The highest BCUT2D eigenvalue weighted by Gasteiger charge is 2.24. The highest BCUT2D eigenvalue weighted by Crippen LogP contribution is 2.21. The van der Waals surface area contributed by atoms with E-state index in [9.17, 15) is 4.79 Å². The van der Waals surface area contributed by atoms with Crippen molar-refractivity contribution in [2.75, 3.05) is 6.54 Å². The molecular formula is C12H21N3O3. The fourth-order valence-corrected chi connectivity index (χ4v) is 1.69. The number of nitrogens with zero attached hydrogens (tertiary/aromatic N) is 1. The number of ether oxygens (including phenoxy) is 1. The maximum absolute atomic E-state index is 11.7. The first-order valence-corrected chi connectivity index (χ1v) is 5.87. The van der Waals surface area contributed by atoms with Gasteiger partial charge in [0, 0.05) is 12.1 Å². The maximum Gasteiger partial charge on any atom is 0.408 e. The van der Waals surface area contributed by atoms with E-state index in [1.807, 2.05) is 6.92 Å². The van der Waals surface area contributed by atoms with Gasteiger partial charge in [0.25, 0.3) is 0 Å². The molecule has 1 heterocycles. The van der Waals surface area contributed by atoms with Gasteiger partial charge in [0.1, 0.15) is 11.4 Å². The molecule has 1 rings (SSSR count). The van der Waals surface area contributed by atoms with Gasteiger partial charge in [0.05, 0.1) is 11.7 Å². The van der Waals surface area contributed by atoms with Crippen LogP contribution in [0.4, 0.5) is 4.79 Å². The van der Waals surface area contributed by atoms with Crippen LogP contribution in [-0.4, -0.2) is 23.4 Å². The molecule has 0 saturated carbocycles. The minimum absolute atomic E-state index is 0.252. The molecule has 1 unspecified atom stereocenters. The number of amides is 1. The number of aromatic nitrogens is 1. The summed E-state index contributed by atoms with van der Waals surface area (Å²) in [6, 6.07) is -0.355. The van der Waals surface area contributed by atoms with Gasteiger partial charge in [-0.05, 0) is 34.6 Å². The van der Waals surface area contributed by atoms with Crippen molar-refractivity contribution in [2.24, 2.45) is 5.73 Å². The monoisotopic (exact) mass is 255 g/mol. The molecule has 0 bridgehead atoms. The van der Waals surface area contributed by atoms with Crippen molar-refractivity contribution in [3.05, 3.63) is 17.0 Å². The van der Waals surface area contributed by atoms with Crippen LogP contribution in [0.25, 0.3) is 0 Å². The first-order chi connectivity index (χ1) is 8.24. The Morgan fingerprint density at radius 3 is 2.50 bits per heavy atom. The Morgan fingerprint density at radius 2 is 2.11 bits per heavy atom. The Bertz CT molecular complexity index is 401. The average molecular weight is 255 g/mol. The molecule has 0 aliphatic rings. The lowest BCUT2D eigenvalue weighted by Crippen LogP contribution is -2.38. The highest BCUT2D eigenvalue weighted by atomic mass is 16.6. The molecule has 0 radical (unpaired) electrons. The van der Waals surface area contributed by atoms with Gasteiger partial charge in [0.15, 0.2) is 0 Å². The van der Waals surface area contributed by atoms with Crippen molar-refractivity contribution in [1.82, 2.24) is 10.5 Å². The summed E-state index contributed by atoms with van der Waals surface area (Å²) in [5.74, 6) is 0.652. The third-order valence-corrected chi connectivity index (χ3v) is 2.36. The molecule has 1 aromatic heterocycles. The van der Waals surface area contributed by atoms with Crippen LogP contribution in [0.2, 0.25) is 0 Å². The van der Waals surface area contributed by atoms with E-state index >= 15 is 0 Å². The first kappa shape index (κ1) is 14.5. The van der Waals surface area contributed by atoms with Crippen LogP contribution in [0.5, 0.6) is 0 Å². The fraction of sp³-hybridized carbons (Fsp3) is 0.667. The van der Waals surface area contributed by atoms with E-state index in [-0.39, 0.29) is 12.6 Å². The van der Waals surface area contributed by atoms with Gasteiger partial charge in [-0.15, -0.1) is 0 Å². The number of nitrogens with one attached hydrogen (secondary N) is 1. The molecule has 1 aromatic rings. The van der Waals surface area contributed by atoms with E-state index in [2.05, 4.69) is 10.5 Å². The molecule has 6 nitrogen and oxygen atoms in total. The minimum atomic E-state index is -0.540. The van der Waals surface area contributed by atoms with Gasteiger partial charge >= 0.3 is 6.09 Å². The number of nitrogens with two attached hydrogens (primary N) is 1. The highest BCUT2D eigenvalue weighted by molar-refractivity contribution is 5.68. The average Bonchev–Trinajstić information content (AvgIpc) is 2.53. The molecule has 18 heavy (non-hydrogen) atoms. The molecule has 0 saturated heterocycles. The SMILES string of the molecule is Cc1noc(C)c1C(CN)NC(=O)OC(C)(C)C. The zero-order valence-corrected chi connectivity index (χ0v) is 11.5. The normalized spacial score (nSPS) is 13.2. The van der Waals surface area contributed by atoms with Crippen molar-refractivity contribution in [1.29, 1.82) is 0 Å². The number of hydrogen-bond acceptors (Lipinski definition) is 5. The van der Waals surface area contributed by atoms with Gasteiger partial charge < -0.3 is 20.3 Å². The van der Waals surface area contributed by atoms with Gasteiger partial charge in [0.2, 0.25) is 0 Å². The van der Waals surface area contributed by atoms with E-state index in [0.717, 1.165) is 11.3 Å². The molecule has 1 amide bonds. The van der Waals surface area contributed by atoms with Crippen molar-refractivity contribution >= 4 is 6.09 Å². The second-order valence-corrected chi connectivity index (χ2v) is 5.17. The van der Waals surface area contributed by atoms with Crippen LogP contribution in [0.15, 0.2) is 4.52 Å². The van der Waals surface area contributed by atoms with Gasteiger partial charge in [-0.25, -0.2) is 4.79 Å². The molecule has 6 heteroatoms. The molecule has 0 spiro atoms. The lowest BCUT2D eigenvalue weighted by Gasteiger charge is -2.23. The summed E-state index contributed by atoms with van der Waals surface area (Å²) < 4.78 is 10.3. The largest absolute Gasteiger partial charge is 0.444 e. The Kier molecular flexibility index (Phi) is 4.34. The fourth-order valence-electron chi connectivity index (χ4n) is 1.69. The molecule has 0 fully saturated rings. The third kappa shape index (κ3) is 3.73. The molecule has 0 aliphatic heterocycles. The zero-order valence-electron chi connectivity index (χ0n) is 11.5. The van der Waals surface area contributed by atoms with E-state index in [1.165, 1.54) is 0 Å². The topological polar surface area (TPSA) is 90.4 Å². The number of hydrogen-bond donors (Lipinski definition) is 2. The van der Waals surface area contributed by atoms with Gasteiger partial charge in [-0.3, -0.25) is 0 Å². The van der Waals surface area contributed by atoms with Crippen LogP contribution in [0.3, 0.4) is 0 Å². The van der Waals surface area contributed by atoms with Crippen LogP contribution in [0, 0.1) is 13.8 Å². The summed E-state index contributed by atoms with van der Waals surface area (Å²) in [5.41, 5.74) is 6.66. The van der Waals surface area contributed by atoms with Crippen LogP contribution < -0.4 is 11.1 Å². The standard InChI is InChI=1S/C12H21N3O3/c1-7-10(8(2)18-15-7)9(6-13)14-11(16)17-12(3,4)5/h9H,6,13H2,1-5H3,(H,14,16). The van der Waals surface area contributed by atoms with E-state index in [4.69, 9.17) is 15.0 Å². The molecule has 1 atom stereocenters.